The van der Waals surface area contributed by atoms with Gasteiger partial charge in [-0.05, 0) is 42.5 Å². The molecule has 1 saturated heterocycles. The van der Waals surface area contributed by atoms with E-state index < -0.39 is 0 Å². The number of nitriles is 1. The van der Waals surface area contributed by atoms with Crippen LogP contribution in [0.25, 0.3) is 11.5 Å². The molecule has 1 fully saturated rings. The standard InChI is InChI=1S/C23H22N4O4/c1-29-18-8-6-16(7-9-18)21-25-20(15-24)23(31-21)27-12-10-26(11-13-27)22(28)17-4-3-5-19(14-17)30-2/h3-9,14H,10-13H2,1-2H3. The molecule has 1 aliphatic heterocycles. The van der Waals surface area contributed by atoms with Crippen LogP contribution in [0.3, 0.4) is 0 Å². The van der Waals surface area contributed by atoms with E-state index in [2.05, 4.69) is 11.1 Å². The number of hydrogen-bond acceptors (Lipinski definition) is 7. The summed E-state index contributed by atoms with van der Waals surface area (Å²) in [6.07, 6.45) is 0. The van der Waals surface area contributed by atoms with Gasteiger partial charge in [0.05, 0.1) is 14.2 Å². The Morgan fingerprint density at radius 2 is 1.74 bits per heavy atom. The van der Waals surface area contributed by atoms with E-state index in [1.165, 1.54) is 0 Å². The molecule has 31 heavy (non-hydrogen) atoms. The summed E-state index contributed by atoms with van der Waals surface area (Å²) in [4.78, 5) is 20.9. The van der Waals surface area contributed by atoms with E-state index in [0.29, 0.717) is 49.3 Å². The molecule has 8 nitrogen and oxygen atoms in total. The first kappa shape index (κ1) is 20.3. The number of amides is 1. The maximum Gasteiger partial charge on any atom is 0.254 e. The van der Waals surface area contributed by atoms with E-state index in [9.17, 15) is 10.1 Å². The van der Waals surface area contributed by atoms with Gasteiger partial charge in [0.25, 0.3) is 5.91 Å². The van der Waals surface area contributed by atoms with Gasteiger partial charge in [0, 0.05) is 37.3 Å². The van der Waals surface area contributed by atoms with E-state index >= 15 is 0 Å². The SMILES string of the molecule is COc1ccc(-c2nc(C#N)c(N3CCN(C(=O)c4cccc(OC)c4)CC3)o2)cc1. The van der Waals surface area contributed by atoms with Crippen molar-refractivity contribution in [1.82, 2.24) is 9.88 Å². The van der Waals surface area contributed by atoms with Gasteiger partial charge in [-0.15, -0.1) is 0 Å². The van der Waals surface area contributed by atoms with Gasteiger partial charge in [0.15, 0.2) is 0 Å². The summed E-state index contributed by atoms with van der Waals surface area (Å²) in [5.41, 5.74) is 1.58. The van der Waals surface area contributed by atoms with Crippen molar-refractivity contribution >= 4 is 11.8 Å². The molecule has 0 unspecified atom stereocenters. The van der Waals surface area contributed by atoms with Gasteiger partial charge >= 0.3 is 0 Å². The van der Waals surface area contributed by atoms with Crippen molar-refractivity contribution in [2.24, 2.45) is 0 Å². The maximum atomic E-state index is 12.8. The third kappa shape index (κ3) is 4.16. The van der Waals surface area contributed by atoms with Crippen molar-refractivity contribution in [1.29, 1.82) is 5.26 Å². The fourth-order valence-corrected chi connectivity index (χ4v) is 3.51. The number of rotatable bonds is 5. The smallest absolute Gasteiger partial charge is 0.254 e. The molecule has 1 aliphatic rings. The lowest BCUT2D eigenvalue weighted by atomic mass is 10.1. The Bertz CT molecular complexity index is 1110. The average molecular weight is 418 g/mol. The Hall–Kier alpha value is -3.99. The summed E-state index contributed by atoms with van der Waals surface area (Å²) in [5.74, 6) is 2.14. The van der Waals surface area contributed by atoms with Crippen LogP contribution >= 0.6 is 0 Å². The van der Waals surface area contributed by atoms with E-state index in [1.54, 1.807) is 37.3 Å². The Morgan fingerprint density at radius 1 is 1.03 bits per heavy atom. The van der Waals surface area contributed by atoms with Crippen molar-refractivity contribution < 1.29 is 18.7 Å². The minimum Gasteiger partial charge on any atom is -0.497 e. The lowest BCUT2D eigenvalue weighted by Gasteiger charge is -2.34. The first-order valence-corrected chi connectivity index (χ1v) is 9.86. The summed E-state index contributed by atoms with van der Waals surface area (Å²) in [5, 5.41) is 9.53. The number of ether oxygens (including phenoxy) is 2. The molecule has 2 aromatic carbocycles. The van der Waals surface area contributed by atoms with Crippen LogP contribution in [-0.4, -0.2) is 56.2 Å². The maximum absolute atomic E-state index is 12.8. The first-order valence-electron chi connectivity index (χ1n) is 9.86. The highest BCUT2D eigenvalue weighted by molar-refractivity contribution is 5.94. The largest absolute Gasteiger partial charge is 0.497 e. The van der Waals surface area contributed by atoms with E-state index in [-0.39, 0.29) is 11.6 Å². The number of carbonyl (C=O) groups excluding carboxylic acids is 1. The Labute approximate surface area is 180 Å². The van der Waals surface area contributed by atoms with Gasteiger partial charge in [-0.25, -0.2) is 0 Å². The van der Waals surface area contributed by atoms with Crippen molar-refractivity contribution in [2.75, 3.05) is 45.3 Å². The van der Waals surface area contributed by atoms with Crippen LogP contribution in [0.1, 0.15) is 16.1 Å². The zero-order valence-corrected chi connectivity index (χ0v) is 17.4. The minimum absolute atomic E-state index is 0.0458. The van der Waals surface area contributed by atoms with E-state index in [1.807, 2.05) is 35.2 Å². The minimum atomic E-state index is -0.0458. The predicted molar refractivity (Wildman–Crippen MR) is 114 cm³/mol. The predicted octanol–water partition coefficient (Wildman–Crippen LogP) is 3.19. The molecule has 3 aromatic rings. The van der Waals surface area contributed by atoms with Crippen molar-refractivity contribution in [2.45, 2.75) is 0 Å². The van der Waals surface area contributed by atoms with Gasteiger partial charge in [0.2, 0.25) is 17.5 Å². The second-order valence-electron chi connectivity index (χ2n) is 7.02. The van der Waals surface area contributed by atoms with Crippen molar-refractivity contribution in [3.8, 4) is 29.0 Å². The summed E-state index contributed by atoms with van der Waals surface area (Å²) < 4.78 is 16.3. The summed E-state index contributed by atoms with van der Waals surface area (Å²) in [7, 11) is 3.18. The summed E-state index contributed by atoms with van der Waals surface area (Å²) >= 11 is 0. The number of nitrogens with zero attached hydrogens (tertiary/aromatic N) is 4. The molecule has 158 valence electrons. The van der Waals surface area contributed by atoms with Crippen molar-refractivity contribution in [3.05, 3.63) is 59.8 Å². The second-order valence-corrected chi connectivity index (χ2v) is 7.02. The zero-order chi connectivity index (χ0) is 21.8. The van der Waals surface area contributed by atoms with Gasteiger partial charge in [-0.2, -0.15) is 10.2 Å². The number of piperazine rings is 1. The molecule has 8 heteroatoms. The molecule has 1 aromatic heterocycles. The van der Waals surface area contributed by atoms with Gasteiger partial charge < -0.3 is 23.7 Å². The first-order chi connectivity index (χ1) is 15.1. The molecule has 0 aliphatic carbocycles. The molecule has 1 amide bonds. The number of aromatic nitrogens is 1. The van der Waals surface area contributed by atoms with Crippen molar-refractivity contribution in [3.63, 3.8) is 0 Å². The number of methoxy groups -OCH3 is 2. The van der Waals surface area contributed by atoms with Crippen LogP contribution in [0.15, 0.2) is 52.9 Å². The highest BCUT2D eigenvalue weighted by Crippen LogP contribution is 2.30. The third-order valence-corrected chi connectivity index (χ3v) is 5.22. The fraction of sp³-hybridized carbons (Fsp3) is 0.261. The Balaban J connectivity index is 1.47. The van der Waals surface area contributed by atoms with Gasteiger partial charge in [0.1, 0.15) is 17.6 Å². The molecular formula is C23H22N4O4. The lowest BCUT2D eigenvalue weighted by Crippen LogP contribution is -2.48. The number of carbonyl (C=O) groups is 1. The Morgan fingerprint density at radius 3 is 2.39 bits per heavy atom. The van der Waals surface area contributed by atoms with E-state index in [0.717, 1.165) is 11.3 Å². The van der Waals surface area contributed by atoms with Crippen LogP contribution in [0.5, 0.6) is 11.5 Å². The van der Waals surface area contributed by atoms with Crippen LogP contribution in [-0.2, 0) is 0 Å². The van der Waals surface area contributed by atoms with Crippen LogP contribution in [0.4, 0.5) is 5.88 Å². The van der Waals surface area contributed by atoms with E-state index in [4.69, 9.17) is 13.9 Å². The summed E-state index contributed by atoms with van der Waals surface area (Å²) in [6.45, 7) is 2.11. The molecule has 2 heterocycles. The topological polar surface area (TPSA) is 91.8 Å². The molecule has 0 bridgehead atoms. The average Bonchev–Trinajstić information content (AvgIpc) is 3.28. The number of benzene rings is 2. The Kier molecular flexibility index (Phi) is 5.76. The summed E-state index contributed by atoms with van der Waals surface area (Å²) in [6, 6.07) is 16.5. The number of oxazole rings is 1. The second kappa shape index (κ2) is 8.79. The van der Waals surface area contributed by atoms with Gasteiger partial charge in [-0.1, -0.05) is 6.07 Å². The molecule has 4 rings (SSSR count). The third-order valence-electron chi connectivity index (χ3n) is 5.22. The number of anilines is 1. The van der Waals surface area contributed by atoms with Gasteiger partial charge in [-0.3, -0.25) is 4.79 Å². The highest BCUT2D eigenvalue weighted by Gasteiger charge is 2.27. The molecule has 0 radical (unpaired) electrons. The fourth-order valence-electron chi connectivity index (χ4n) is 3.51. The lowest BCUT2D eigenvalue weighted by molar-refractivity contribution is 0.0745. The molecule has 0 spiro atoms. The molecule has 0 N–H and O–H groups in total. The normalized spacial score (nSPS) is 13.6. The van der Waals surface area contributed by atoms with Crippen LogP contribution in [0.2, 0.25) is 0 Å². The highest BCUT2D eigenvalue weighted by atomic mass is 16.5. The molecular weight excluding hydrogens is 396 g/mol. The quantitative estimate of drug-likeness (QED) is 0.628. The van der Waals surface area contributed by atoms with Crippen LogP contribution < -0.4 is 14.4 Å². The number of hydrogen-bond donors (Lipinski definition) is 0. The zero-order valence-electron chi connectivity index (χ0n) is 17.4. The monoisotopic (exact) mass is 418 g/mol. The molecule has 0 atom stereocenters. The van der Waals surface area contributed by atoms with Crippen LogP contribution in [0, 0.1) is 11.3 Å². The molecule has 0 saturated carbocycles.